The van der Waals surface area contributed by atoms with Gasteiger partial charge in [0.25, 0.3) is 0 Å². The molecule has 0 aliphatic carbocycles. The van der Waals surface area contributed by atoms with Gasteiger partial charge in [0.1, 0.15) is 0 Å². The highest BCUT2D eigenvalue weighted by atomic mass is 35.5. The number of aromatic nitrogens is 2. The predicted molar refractivity (Wildman–Crippen MR) is 35.0 cm³/mol. The minimum Gasteiger partial charge on any atom is -0.341 e. The molecule has 2 nitrogen and oxygen atoms in total. The molecule has 0 N–H and O–H groups in total. The number of halogens is 1. The molecule has 3 heteroatoms. The van der Waals surface area contributed by atoms with Crippen LogP contribution in [-0.4, -0.2) is 15.9 Å². The van der Waals surface area contributed by atoms with Crippen LogP contribution in [0.25, 0.3) is 0 Å². The molecule has 8 heavy (non-hydrogen) atoms. The number of rotatable bonds is 0. The average Bonchev–Trinajstić information content (AvgIpc) is 2.24. The third-order valence-electron chi connectivity index (χ3n) is 0.637. The Morgan fingerprint density at radius 2 is 2.12 bits per heavy atom. The van der Waals surface area contributed by atoms with E-state index in [-0.39, 0.29) is 0 Å². The highest BCUT2D eigenvalue weighted by Crippen LogP contribution is 1.73. The Bertz CT molecular complexity index is 114. The van der Waals surface area contributed by atoms with Gasteiger partial charge in [0.15, 0.2) is 0 Å². The maximum absolute atomic E-state index is 4.64. The first-order valence-corrected chi connectivity index (χ1v) is 2.95. The lowest BCUT2D eigenvalue weighted by atomic mass is 10.9. The number of hydrogen-bond donors (Lipinski definition) is 0. The van der Waals surface area contributed by atoms with Crippen LogP contribution in [-0.2, 0) is 7.05 Å². The van der Waals surface area contributed by atoms with Crippen molar-refractivity contribution in [1.29, 1.82) is 0 Å². The first kappa shape index (κ1) is 7.50. The zero-order valence-electron chi connectivity index (χ0n) is 5.00. The van der Waals surface area contributed by atoms with E-state index in [0.717, 1.165) is 0 Å². The van der Waals surface area contributed by atoms with Crippen LogP contribution in [0, 0.1) is 0 Å². The van der Waals surface area contributed by atoms with Crippen molar-refractivity contribution in [1.82, 2.24) is 9.55 Å². The summed E-state index contributed by atoms with van der Waals surface area (Å²) in [6.45, 7) is 0. The first-order chi connectivity index (χ1) is 3.89. The molecule has 1 rings (SSSR count). The van der Waals surface area contributed by atoms with Gasteiger partial charge >= 0.3 is 0 Å². The normalized spacial score (nSPS) is 7.38. The van der Waals surface area contributed by atoms with Gasteiger partial charge in [-0.2, -0.15) is 0 Å². The summed E-state index contributed by atoms with van der Waals surface area (Å²) < 4.78 is 1.89. The van der Waals surface area contributed by atoms with Crippen molar-refractivity contribution >= 4 is 11.6 Å². The Hall–Kier alpha value is -0.500. The summed E-state index contributed by atoms with van der Waals surface area (Å²) in [4.78, 5) is 3.78. The quantitative estimate of drug-likeness (QED) is 0.487. The maximum atomic E-state index is 4.64. The van der Waals surface area contributed by atoms with E-state index in [9.17, 15) is 0 Å². The summed E-state index contributed by atoms with van der Waals surface area (Å²) in [7, 11) is 1.94. The predicted octanol–water partition coefficient (Wildman–Crippen LogP) is 1.28. The van der Waals surface area contributed by atoms with Crippen LogP contribution in [0.3, 0.4) is 0 Å². The van der Waals surface area contributed by atoms with Gasteiger partial charge in [-0.25, -0.2) is 4.98 Å². The number of hydrogen-bond acceptors (Lipinski definition) is 1. The summed E-state index contributed by atoms with van der Waals surface area (Å²) in [6.07, 6.45) is 6.86. The van der Waals surface area contributed by atoms with Gasteiger partial charge in [-0.3, -0.25) is 0 Å². The molecule has 0 saturated carbocycles. The largest absolute Gasteiger partial charge is 0.341 e. The van der Waals surface area contributed by atoms with Crippen molar-refractivity contribution in [2.75, 3.05) is 6.38 Å². The molecule has 0 saturated heterocycles. The van der Waals surface area contributed by atoms with E-state index in [1.807, 2.05) is 17.8 Å². The Balaban J connectivity index is 0.000000222. The SMILES string of the molecule is CCl.Cn1ccnc1. The Morgan fingerprint density at radius 3 is 2.25 bits per heavy atom. The molecule has 0 unspecified atom stereocenters. The zero-order valence-corrected chi connectivity index (χ0v) is 5.76. The van der Waals surface area contributed by atoms with Crippen LogP contribution in [0.2, 0.25) is 0 Å². The lowest BCUT2D eigenvalue weighted by molar-refractivity contribution is 0.913. The second-order valence-corrected chi connectivity index (χ2v) is 1.23. The summed E-state index contributed by atoms with van der Waals surface area (Å²) in [5, 5.41) is 0. The van der Waals surface area contributed by atoms with Crippen LogP contribution in [0.15, 0.2) is 18.7 Å². The summed E-state index contributed by atoms with van der Waals surface area (Å²) in [6, 6.07) is 0. The highest BCUT2D eigenvalue weighted by Gasteiger charge is 1.69. The van der Waals surface area contributed by atoms with Gasteiger partial charge in [-0.05, 0) is 0 Å². The summed E-state index contributed by atoms with van der Waals surface area (Å²) in [5.41, 5.74) is 0. The molecule has 0 bridgehead atoms. The first-order valence-electron chi connectivity index (χ1n) is 2.19. The molecule has 1 heterocycles. The topological polar surface area (TPSA) is 17.8 Å². The molecule has 1 aromatic rings. The molecule has 0 amide bonds. The Labute approximate surface area is 54.1 Å². The van der Waals surface area contributed by atoms with Gasteiger partial charge in [-0.1, -0.05) is 0 Å². The summed E-state index contributed by atoms with van der Waals surface area (Å²) in [5.74, 6) is 0. The molecule has 46 valence electrons. The second kappa shape index (κ2) is 4.65. The van der Waals surface area contributed by atoms with Gasteiger partial charge < -0.3 is 4.57 Å². The standard InChI is InChI=1S/C4H6N2.CH3Cl/c1-6-3-2-5-4-6;1-2/h2-4H,1H3;1H3. The van der Waals surface area contributed by atoms with E-state index in [2.05, 4.69) is 16.6 Å². The minimum atomic E-state index is 1.47. The van der Waals surface area contributed by atoms with Crippen LogP contribution >= 0.6 is 11.6 Å². The summed E-state index contributed by atoms with van der Waals surface area (Å²) >= 11 is 4.64. The Kier molecular flexibility index (Phi) is 4.36. The van der Waals surface area contributed by atoms with E-state index in [1.54, 1.807) is 12.5 Å². The lowest BCUT2D eigenvalue weighted by Gasteiger charge is -1.76. The van der Waals surface area contributed by atoms with Crippen LogP contribution < -0.4 is 0 Å². The number of alkyl halides is 1. The van der Waals surface area contributed by atoms with Gasteiger partial charge in [0, 0.05) is 25.8 Å². The van der Waals surface area contributed by atoms with Crippen molar-refractivity contribution in [3.05, 3.63) is 18.7 Å². The smallest absolute Gasteiger partial charge is 0.0943 e. The van der Waals surface area contributed by atoms with E-state index in [1.165, 1.54) is 6.38 Å². The van der Waals surface area contributed by atoms with Gasteiger partial charge in [-0.15, -0.1) is 11.6 Å². The van der Waals surface area contributed by atoms with Crippen LogP contribution in [0.4, 0.5) is 0 Å². The van der Waals surface area contributed by atoms with Crippen molar-refractivity contribution in [3.63, 3.8) is 0 Å². The zero-order chi connectivity index (χ0) is 6.41. The minimum absolute atomic E-state index is 1.47. The van der Waals surface area contributed by atoms with Crippen molar-refractivity contribution < 1.29 is 0 Å². The van der Waals surface area contributed by atoms with Crippen LogP contribution in [0.5, 0.6) is 0 Å². The molecule has 0 aliphatic rings. The Morgan fingerprint density at radius 1 is 1.50 bits per heavy atom. The highest BCUT2D eigenvalue weighted by molar-refractivity contribution is 6.15. The molecule has 0 fully saturated rings. The van der Waals surface area contributed by atoms with E-state index < -0.39 is 0 Å². The van der Waals surface area contributed by atoms with E-state index >= 15 is 0 Å². The molecular weight excluding hydrogens is 124 g/mol. The maximum Gasteiger partial charge on any atom is 0.0943 e. The molecule has 0 aromatic carbocycles. The molecule has 0 spiro atoms. The average molecular weight is 133 g/mol. The molecule has 0 radical (unpaired) electrons. The third-order valence-corrected chi connectivity index (χ3v) is 0.637. The monoisotopic (exact) mass is 132 g/mol. The van der Waals surface area contributed by atoms with Crippen molar-refractivity contribution in [3.8, 4) is 0 Å². The van der Waals surface area contributed by atoms with Crippen molar-refractivity contribution in [2.24, 2.45) is 7.05 Å². The fourth-order valence-electron chi connectivity index (χ4n) is 0.326. The van der Waals surface area contributed by atoms with Crippen LogP contribution in [0.1, 0.15) is 0 Å². The lowest BCUT2D eigenvalue weighted by Crippen LogP contribution is -1.76. The number of aryl methyl sites for hydroxylation is 1. The number of nitrogens with zero attached hydrogens (tertiary/aromatic N) is 2. The van der Waals surface area contributed by atoms with Gasteiger partial charge in [0.05, 0.1) is 6.33 Å². The molecule has 0 atom stereocenters. The number of imidazole rings is 1. The fourth-order valence-corrected chi connectivity index (χ4v) is 0.326. The fraction of sp³-hybridized carbons (Fsp3) is 0.400. The molecule has 0 aliphatic heterocycles. The van der Waals surface area contributed by atoms with Gasteiger partial charge in [0.2, 0.25) is 0 Å². The van der Waals surface area contributed by atoms with E-state index in [0.29, 0.717) is 0 Å². The van der Waals surface area contributed by atoms with Crippen molar-refractivity contribution in [2.45, 2.75) is 0 Å². The molecular formula is C5H9ClN2. The molecule has 1 aromatic heterocycles. The van der Waals surface area contributed by atoms with E-state index in [4.69, 9.17) is 0 Å². The second-order valence-electron chi connectivity index (χ2n) is 1.23. The third kappa shape index (κ3) is 2.64.